The molecular formula is C25H25N5O3S. The summed E-state index contributed by atoms with van der Waals surface area (Å²) in [5.41, 5.74) is 3.24. The summed E-state index contributed by atoms with van der Waals surface area (Å²) in [5.74, 6) is -0.547. The number of hydrogen-bond donors (Lipinski definition) is 4. The number of fused-ring (bicyclic) bond motifs is 1. The topological polar surface area (TPSA) is 112 Å². The minimum absolute atomic E-state index is 0.224. The fourth-order valence-electron chi connectivity index (χ4n) is 3.98. The normalized spacial score (nSPS) is 14.6. The molecule has 4 amide bonds. The van der Waals surface area contributed by atoms with Crippen molar-refractivity contribution < 1.29 is 14.4 Å². The summed E-state index contributed by atoms with van der Waals surface area (Å²) in [6.07, 6.45) is 8.98. The maximum Gasteiger partial charge on any atom is 0.319 e. The van der Waals surface area contributed by atoms with E-state index in [1.165, 1.54) is 17.5 Å². The van der Waals surface area contributed by atoms with Crippen LogP contribution in [-0.2, 0) is 12.8 Å². The summed E-state index contributed by atoms with van der Waals surface area (Å²) in [6, 6.07) is 10.4. The molecule has 4 N–H and O–H groups in total. The Morgan fingerprint density at radius 1 is 0.882 bits per heavy atom. The van der Waals surface area contributed by atoms with Gasteiger partial charge in [-0.25, -0.2) is 4.79 Å². The highest BCUT2D eigenvalue weighted by Gasteiger charge is 2.27. The van der Waals surface area contributed by atoms with Gasteiger partial charge in [0.15, 0.2) is 0 Å². The van der Waals surface area contributed by atoms with Crippen molar-refractivity contribution in [3.8, 4) is 0 Å². The van der Waals surface area contributed by atoms with Crippen molar-refractivity contribution in [3.63, 3.8) is 0 Å². The number of pyridine rings is 1. The van der Waals surface area contributed by atoms with E-state index in [9.17, 15) is 14.4 Å². The van der Waals surface area contributed by atoms with E-state index >= 15 is 0 Å². The van der Waals surface area contributed by atoms with Gasteiger partial charge in [0.25, 0.3) is 11.8 Å². The van der Waals surface area contributed by atoms with Crippen LogP contribution in [0.2, 0.25) is 0 Å². The highest BCUT2D eigenvalue weighted by molar-refractivity contribution is 7.17. The van der Waals surface area contributed by atoms with Crippen LogP contribution >= 0.6 is 11.3 Å². The summed E-state index contributed by atoms with van der Waals surface area (Å²) in [4.78, 5) is 43.1. The molecule has 34 heavy (non-hydrogen) atoms. The quantitative estimate of drug-likeness (QED) is 0.410. The number of benzene rings is 1. The maximum absolute atomic E-state index is 13.3. The predicted molar refractivity (Wildman–Crippen MR) is 133 cm³/mol. The third-order valence-corrected chi connectivity index (χ3v) is 7.07. The van der Waals surface area contributed by atoms with Gasteiger partial charge in [-0.15, -0.1) is 11.3 Å². The van der Waals surface area contributed by atoms with Gasteiger partial charge in [0, 0.05) is 34.7 Å². The molecule has 9 heteroatoms. The number of nitrogens with one attached hydrogen (secondary N) is 4. The minimum atomic E-state index is -0.291. The molecule has 5 rings (SSSR count). The predicted octanol–water partition coefficient (Wildman–Crippen LogP) is 4.81. The number of nitrogens with zero attached hydrogens (tertiary/aromatic N) is 1. The van der Waals surface area contributed by atoms with Crippen LogP contribution < -0.4 is 21.3 Å². The molecule has 0 saturated heterocycles. The fraction of sp³-hybridized carbons (Fsp3) is 0.280. The summed E-state index contributed by atoms with van der Waals surface area (Å²) < 4.78 is 0. The lowest BCUT2D eigenvalue weighted by Gasteiger charge is -2.14. The summed E-state index contributed by atoms with van der Waals surface area (Å²) >= 11 is 1.48. The Morgan fingerprint density at radius 2 is 1.62 bits per heavy atom. The number of carbonyl (C=O) groups excluding carboxylic acids is 3. The van der Waals surface area contributed by atoms with E-state index in [-0.39, 0.29) is 23.9 Å². The highest BCUT2D eigenvalue weighted by Crippen LogP contribution is 2.38. The first-order valence-corrected chi connectivity index (χ1v) is 12.2. The number of hydrogen-bond acceptors (Lipinski definition) is 5. The summed E-state index contributed by atoms with van der Waals surface area (Å²) in [5, 5.41) is 12.1. The van der Waals surface area contributed by atoms with E-state index in [4.69, 9.17) is 0 Å². The van der Waals surface area contributed by atoms with E-state index in [1.54, 1.807) is 42.6 Å². The monoisotopic (exact) mass is 475 g/mol. The second-order valence-electron chi connectivity index (χ2n) is 8.52. The Bertz CT molecular complexity index is 1220. The van der Waals surface area contributed by atoms with Crippen molar-refractivity contribution in [2.24, 2.45) is 0 Å². The van der Waals surface area contributed by atoms with Crippen LogP contribution in [0.25, 0.3) is 0 Å². The number of anilines is 3. The van der Waals surface area contributed by atoms with Crippen LogP contribution in [0.15, 0.2) is 48.8 Å². The molecular weight excluding hydrogens is 450 g/mol. The molecule has 0 aliphatic heterocycles. The Balaban J connectivity index is 1.32. The number of carbonyl (C=O) groups is 3. The van der Waals surface area contributed by atoms with Crippen molar-refractivity contribution >= 4 is 45.6 Å². The van der Waals surface area contributed by atoms with Gasteiger partial charge in [-0.3, -0.25) is 14.6 Å². The van der Waals surface area contributed by atoms with Crippen molar-refractivity contribution in [1.82, 2.24) is 10.3 Å². The molecule has 2 aliphatic rings. The first kappa shape index (κ1) is 22.1. The van der Waals surface area contributed by atoms with Crippen LogP contribution in [0.1, 0.15) is 56.8 Å². The number of rotatable bonds is 6. The van der Waals surface area contributed by atoms with Gasteiger partial charge in [0.2, 0.25) is 0 Å². The number of aryl methyl sites for hydroxylation is 1. The molecule has 1 fully saturated rings. The SMILES string of the molecule is O=C(Nc1ccc(NC(=O)c2c(NC(=O)c3cccnc3)sc3c2CCCC3)cc1)NC1CC1. The molecule has 0 atom stereocenters. The largest absolute Gasteiger partial charge is 0.335 e. The minimum Gasteiger partial charge on any atom is -0.335 e. The van der Waals surface area contributed by atoms with Gasteiger partial charge in [0.05, 0.1) is 11.1 Å². The van der Waals surface area contributed by atoms with Gasteiger partial charge in [-0.1, -0.05) is 0 Å². The van der Waals surface area contributed by atoms with Gasteiger partial charge >= 0.3 is 6.03 Å². The molecule has 174 valence electrons. The number of amides is 4. The molecule has 8 nitrogen and oxygen atoms in total. The second kappa shape index (κ2) is 9.64. The average Bonchev–Trinajstić information content (AvgIpc) is 3.58. The number of aromatic nitrogens is 1. The van der Waals surface area contributed by atoms with E-state index in [0.717, 1.165) is 49.0 Å². The Hall–Kier alpha value is -3.72. The highest BCUT2D eigenvalue weighted by atomic mass is 32.1. The van der Waals surface area contributed by atoms with Crippen LogP contribution in [-0.4, -0.2) is 28.9 Å². The molecule has 1 aromatic carbocycles. The van der Waals surface area contributed by atoms with Crippen LogP contribution in [0.5, 0.6) is 0 Å². The first-order chi connectivity index (χ1) is 16.6. The van der Waals surface area contributed by atoms with Crippen molar-refractivity contribution in [2.45, 2.75) is 44.6 Å². The number of urea groups is 1. The van der Waals surface area contributed by atoms with E-state index in [0.29, 0.717) is 27.5 Å². The third-order valence-electron chi connectivity index (χ3n) is 5.86. The number of thiophene rings is 1. The zero-order valence-electron chi connectivity index (χ0n) is 18.5. The van der Waals surface area contributed by atoms with Crippen LogP contribution in [0, 0.1) is 0 Å². The van der Waals surface area contributed by atoms with Gasteiger partial charge in [0.1, 0.15) is 5.00 Å². The molecule has 0 unspecified atom stereocenters. The van der Waals surface area contributed by atoms with Gasteiger partial charge < -0.3 is 21.3 Å². The van der Waals surface area contributed by atoms with E-state index in [1.807, 2.05) is 0 Å². The Kier molecular flexibility index (Phi) is 6.27. The fourth-order valence-corrected chi connectivity index (χ4v) is 5.26. The average molecular weight is 476 g/mol. The molecule has 2 heterocycles. The van der Waals surface area contributed by atoms with Crippen LogP contribution in [0.3, 0.4) is 0 Å². The Morgan fingerprint density at radius 3 is 2.32 bits per heavy atom. The summed E-state index contributed by atoms with van der Waals surface area (Å²) in [7, 11) is 0. The Labute approximate surface area is 201 Å². The lowest BCUT2D eigenvalue weighted by Crippen LogP contribution is -2.30. The van der Waals surface area contributed by atoms with Crippen molar-refractivity contribution in [2.75, 3.05) is 16.0 Å². The zero-order valence-corrected chi connectivity index (χ0v) is 19.3. The molecule has 0 radical (unpaired) electrons. The van der Waals surface area contributed by atoms with Gasteiger partial charge in [-0.2, -0.15) is 0 Å². The standard InChI is InChI=1S/C25H25N5O3S/c31-22(15-4-3-13-26-14-15)30-24-21(19-5-1-2-6-20(19)34-24)23(32)27-16-7-9-17(10-8-16)28-25(33)29-18-11-12-18/h3-4,7-10,13-14,18H,1-2,5-6,11-12H2,(H,27,32)(H,30,31)(H2,28,29,33). The lowest BCUT2D eigenvalue weighted by atomic mass is 9.95. The molecule has 2 aliphatic carbocycles. The van der Waals surface area contributed by atoms with Crippen molar-refractivity contribution in [3.05, 3.63) is 70.4 Å². The third kappa shape index (κ3) is 5.09. The zero-order chi connectivity index (χ0) is 23.5. The van der Waals surface area contributed by atoms with Crippen LogP contribution in [0.4, 0.5) is 21.2 Å². The smallest absolute Gasteiger partial charge is 0.319 e. The van der Waals surface area contributed by atoms with Gasteiger partial charge in [-0.05, 0) is 80.5 Å². The molecule has 3 aromatic rings. The van der Waals surface area contributed by atoms with Crippen molar-refractivity contribution in [1.29, 1.82) is 0 Å². The summed E-state index contributed by atoms with van der Waals surface area (Å²) in [6.45, 7) is 0. The lowest BCUT2D eigenvalue weighted by molar-refractivity contribution is 0.102. The second-order valence-corrected chi connectivity index (χ2v) is 9.62. The first-order valence-electron chi connectivity index (χ1n) is 11.4. The van der Waals surface area contributed by atoms with E-state index in [2.05, 4.69) is 26.3 Å². The molecule has 0 spiro atoms. The maximum atomic E-state index is 13.3. The van der Waals surface area contributed by atoms with E-state index < -0.39 is 0 Å². The molecule has 0 bridgehead atoms. The molecule has 1 saturated carbocycles. The molecule has 2 aromatic heterocycles.